The molecule has 4 nitrogen and oxygen atoms in total. The summed E-state index contributed by atoms with van der Waals surface area (Å²) >= 11 is 0. The standard InChI is InChI=1S/C17H23N3O/c1-12-18-15-4-2-3-5-16(15)20(12)10-17(11-21,13-6-7-13)19-14-8-9-14/h2-5,13-14,19,21H,6-11H2,1H3. The highest BCUT2D eigenvalue weighted by Gasteiger charge is 2.47. The van der Waals surface area contributed by atoms with Crippen molar-refractivity contribution in [2.75, 3.05) is 6.61 Å². The van der Waals surface area contributed by atoms with Crippen molar-refractivity contribution in [2.45, 2.75) is 50.7 Å². The first kappa shape index (κ1) is 13.3. The highest BCUT2D eigenvalue weighted by molar-refractivity contribution is 5.75. The maximum atomic E-state index is 10.1. The van der Waals surface area contributed by atoms with Crippen molar-refractivity contribution in [3.63, 3.8) is 0 Å². The third-order valence-corrected chi connectivity index (χ3v) is 5.00. The number of rotatable bonds is 6. The zero-order valence-electron chi connectivity index (χ0n) is 12.5. The molecule has 2 fully saturated rings. The highest BCUT2D eigenvalue weighted by Crippen LogP contribution is 2.42. The van der Waals surface area contributed by atoms with Crippen LogP contribution in [0.4, 0.5) is 0 Å². The molecule has 1 unspecified atom stereocenters. The van der Waals surface area contributed by atoms with Crippen molar-refractivity contribution in [2.24, 2.45) is 5.92 Å². The Kier molecular flexibility index (Phi) is 3.05. The van der Waals surface area contributed by atoms with E-state index in [-0.39, 0.29) is 12.1 Å². The van der Waals surface area contributed by atoms with Crippen LogP contribution in [0.2, 0.25) is 0 Å². The molecular weight excluding hydrogens is 262 g/mol. The highest BCUT2D eigenvalue weighted by atomic mass is 16.3. The Morgan fingerprint density at radius 3 is 2.71 bits per heavy atom. The molecule has 4 rings (SSSR count). The molecule has 4 heteroatoms. The number of hydrogen-bond acceptors (Lipinski definition) is 3. The summed E-state index contributed by atoms with van der Waals surface area (Å²) in [4.78, 5) is 4.66. The van der Waals surface area contributed by atoms with E-state index in [4.69, 9.17) is 0 Å². The minimum Gasteiger partial charge on any atom is -0.394 e. The predicted octanol–water partition coefficient (Wildman–Crippen LogP) is 2.24. The van der Waals surface area contributed by atoms with Crippen molar-refractivity contribution in [3.05, 3.63) is 30.1 Å². The lowest BCUT2D eigenvalue weighted by molar-refractivity contribution is 0.120. The number of imidazole rings is 1. The zero-order valence-corrected chi connectivity index (χ0v) is 12.5. The van der Waals surface area contributed by atoms with E-state index in [2.05, 4.69) is 40.0 Å². The lowest BCUT2D eigenvalue weighted by atomic mass is 9.93. The average molecular weight is 285 g/mol. The third kappa shape index (κ3) is 2.36. The summed E-state index contributed by atoms with van der Waals surface area (Å²) in [5.74, 6) is 1.64. The van der Waals surface area contributed by atoms with Gasteiger partial charge in [0.1, 0.15) is 5.82 Å². The molecule has 0 aliphatic heterocycles. The SMILES string of the molecule is Cc1nc2ccccc2n1CC(CO)(NC1CC1)C1CC1. The van der Waals surface area contributed by atoms with E-state index >= 15 is 0 Å². The molecule has 0 radical (unpaired) electrons. The first-order valence-corrected chi connectivity index (χ1v) is 8.02. The molecule has 2 aliphatic rings. The Morgan fingerprint density at radius 2 is 2.05 bits per heavy atom. The second-order valence-corrected chi connectivity index (χ2v) is 6.74. The van der Waals surface area contributed by atoms with Crippen LogP contribution in [0.5, 0.6) is 0 Å². The summed E-state index contributed by atoms with van der Waals surface area (Å²) in [5.41, 5.74) is 2.05. The molecule has 2 N–H and O–H groups in total. The zero-order chi connectivity index (χ0) is 14.4. The van der Waals surface area contributed by atoms with Gasteiger partial charge in [-0.1, -0.05) is 12.1 Å². The summed E-state index contributed by atoms with van der Waals surface area (Å²) in [5, 5.41) is 13.9. The minimum atomic E-state index is -0.171. The molecule has 0 bridgehead atoms. The van der Waals surface area contributed by atoms with Crippen molar-refractivity contribution in [1.82, 2.24) is 14.9 Å². The fourth-order valence-corrected chi connectivity index (χ4v) is 3.47. The van der Waals surface area contributed by atoms with E-state index in [0.29, 0.717) is 12.0 Å². The molecule has 1 aromatic carbocycles. The molecule has 0 saturated heterocycles. The molecule has 2 aliphatic carbocycles. The summed E-state index contributed by atoms with van der Waals surface area (Å²) in [7, 11) is 0. The van der Waals surface area contributed by atoms with Crippen LogP contribution >= 0.6 is 0 Å². The molecule has 0 spiro atoms. The first-order chi connectivity index (χ1) is 10.2. The van der Waals surface area contributed by atoms with E-state index in [9.17, 15) is 5.11 Å². The first-order valence-electron chi connectivity index (χ1n) is 8.02. The fraction of sp³-hybridized carbons (Fsp3) is 0.588. The largest absolute Gasteiger partial charge is 0.394 e. The van der Waals surface area contributed by atoms with Gasteiger partial charge in [-0.25, -0.2) is 4.98 Å². The third-order valence-electron chi connectivity index (χ3n) is 5.00. The van der Waals surface area contributed by atoms with Crippen LogP contribution in [0, 0.1) is 12.8 Å². The van der Waals surface area contributed by atoms with Gasteiger partial charge in [0.2, 0.25) is 0 Å². The predicted molar refractivity (Wildman–Crippen MR) is 83.2 cm³/mol. The van der Waals surface area contributed by atoms with Gasteiger partial charge in [0.25, 0.3) is 0 Å². The number of para-hydroxylation sites is 2. The summed E-state index contributed by atoms with van der Waals surface area (Å²) < 4.78 is 2.28. The van der Waals surface area contributed by atoms with Crippen LogP contribution in [-0.4, -0.2) is 32.8 Å². The normalized spacial score (nSPS) is 21.6. The van der Waals surface area contributed by atoms with Gasteiger partial charge in [0.05, 0.1) is 23.2 Å². The number of nitrogens with zero attached hydrogens (tertiary/aromatic N) is 2. The Morgan fingerprint density at radius 1 is 1.29 bits per heavy atom. The number of aliphatic hydroxyl groups is 1. The van der Waals surface area contributed by atoms with Gasteiger partial charge in [0.15, 0.2) is 0 Å². The monoisotopic (exact) mass is 285 g/mol. The van der Waals surface area contributed by atoms with Crippen LogP contribution in [0.1, 0.15) is 31.5 Å². The molecule has 0 amide bonds. The van der Waals surface area contributed by atoms with Gasteiger partial charge in [-0.05, 0) is 50.7 Å². The van der Waals surface area contributed by atoms with Gasteiger partial charge in [-0.15, -0.1) is 0 Å². The van der Waals surface area contributed by atoms with E-state index in [1.54, 1.807) is 0 Å². The number of fused-ring (bicyclic) bond motifs is 1. The number of benzene rings is 1. The number of hydrogen-bond donors (Lipinski definition) is 2. The maximum absolute atomic E-state index is 10.1. The number of nitrogens with one attached hydrogen (secondary N) is 1. The molecule has 2 saturated carbocycles. The van der Waals surface area contributed by atoms with Crippen molar-refractivity contribution < 1.29 is 5.11 Å². The van der Waals surface area contributed by atoms with E-state index < -0.39 is 0 Å². The lowest BCUT2D eigenvalue weighted by Crippen LogP contribution is -2.54. The van der Waals surface area contributed by atoms with Gasteiger partial charge < -0.3 is 15.0 Å². The van der Waals surface area contributed by atoms with Gasteiger partial charge in [-0.2, -0.15) is 0 Å². The van der Waals surface area contributed by atoms with Crippen molar-refractivity contribution in [3.8, 4) is 0 Å². The Balaban J connectivity index is 1.71. The quantitative estimate of drug-likeness (QED) is 0.856. The van der Waals surface area contributed by atoms with Crippen LogP contribution in [-0.2, 0) is 6.54 Å². The second-order valence-electron chi connectivity index (χ2n) is 6.74. The summed E-state index contributed by atoms with van der Waals surface area (Å²) in [6, 6.07) is 8.88. The Labute approximate surface area is 125 Å². The Bertz CT molecular complexity index is 657. The molecule has 112 valence electrons. The number of aryl methyl sites for hydroxylation is 1. The number of aromatic nitrogens is 2. The van der Waals surface area contributed by atoms with Crippen LogP contribution in [0.15, 0.2) is 24.3 Å². The minimum absolute atomic E-state index is 0.171. The smallest absolute Gasteiger partial charge is 0.106 e. The van der Waals surface area contributed by atoms with Crippen LogP contribution in [0.25, 0.3) is 11.0 Å². The Hall–Kier alpha value is -1.39. The number of aliphatic hydroxyl groups excluding tert-OH is 1. The van der Waals surface area contributed by atoms with Gasteiger partial charge in [-0.3, -0.25) is 0 Å². The van der Waals surface area contributed by atoms with Crippen LogP contribution in [0.3, 0.4) is 0 Å². The van der Waals surface area contributed by atoms with E-state index in [1.807, 2.05) is 6.07 Å². The topological polar surface area (TPSA) is 50.1 Å². The van der Waals surface area contributed by atoms with Crippen molar-refractivity contribution in [1.29, 1.82) is 0 Å². The van der Waals surface area contributed by atoms with E-state index in [1.165, 1.54) is 31.2 Å². The summed E-state index contributed by atoms with van der Waals surface area (Å²) in [6.07, 6.45) is 4.95. The molecule has 21 heavy (non-hydrogen) atoms. The molecule has 1 atom stereocenters. The lowest BCUT2D eigenvalue weighted by Gasteiger charge is -2.34. The second kappa shape index (κ2) is 4.82. The average Bonchev–Trinajstić information content (AvgIpc) is 3.38. The summed E-state index contributed by atoms with van der Waals surface area (Å²) in [6.45, 7) is 3.09. The maximum Gasteiger partial charge on any atom is 0.106 e. The molecule has 1 heterocycles. The fourth-order valence-electron chi connectivity index (χ4n) is 3.47. The van der Waals surface area contributed by atoms with Gasteiger partial charge in [0, 0.05) is 12.6 Å². The van der Waals surface area contributed by atoms with Crippen molar-refractivity contribution >= 4 is 11.0 Å². The van der Waals surface area contributed by atoms with Gasteiger partial charge >= 0.3 is 0 Å². The van der Waals surface area contributed by atoms with E-state index in [0.717, 1.165) is 17.9 Å². The molecule has 2 aromatic rings. The molecular formula is C17H23N3O. The molecule has 1 aromatic heterocycles. The van der Waals surface area contributed by atoms with Crippen LogP contribution < -0.4 is 5.32 Å².